The summed E-state index contributed by atoms with van der Waals surface area (Å²) in [6, 6.07) is 11.0. The predicted octanol–water partition coefficient (Wildman–Crippen LogP) is 2.41. The Morgan fingerprint density at radius 1 is 1.30 bits per heavy atom. The highest BCUT2D eigenvalue weighted by molar-refractivity contribution is 5.92. The number of aromatic nitrogens is 2. The van der Waals surface area contributed by atoms with Crippen LogP contribution >= 0.6 is 0 Å². The number of benzene rings is 2. The Morgan fingerprint density at radius 2 is 2.07 bits per heavy atom. The van der Waals surface area contributed by atoms with E-state index in [0.29, 0.717) is 16.8 Å². The Morgan fingerprint density at radius 3 is 2.81 bits per heavy atom. The first-order valence-corrected chi connectivity index (χ1v) is 8.08. The van der Waals surface area contributed by atoms with Crippen LogP contribution in [-0.2, 0) is 11.2 Å². The summed E-state index contributed by atoms with van der Waals surface area (Å²) in [5.41, 5.74) is 1.17. The molecule has 27 heavy (non-hydrogen) atoms. The van der Waals surface area contributed by atoms with Crippen molar-refractivity contribution >= 4 is 28.3 Å². The van der Waals surface area contributed by atoms with E-state index < -0.39 is 10.8 Å². The first-order chi connectivity index (χ1) is 13.0. The van der Waals surface area contributed by atoms with E-state index in [2.05, 4.69) is 15.3 Å². The normalized spacial score (nSPS) is 10.6. The molecule has 2 aromatic carbocycles. The zero-order chi connectivity index (χ0) is 19.4. The van der Waals surface area contributed by atoms with Crippen LogP contribution in [0.25, 0.3) is 11.0 Å². The van der Waals surface area contributed by atoms with Gasteiger partial charge in [0.15, 0.2) is 0 Å². The molecule has 1 aromatic heterocycles. The monoisotopic (exact) mass is 368 g/mol. The smallest absolute Gasteiger partial charge is 0.271 e. The van der Waals surface area contributed by atoms with E-state index in [1.54, 1.807) is 24.3 Å². The highest BCUT2D eigenvalue weighted by Gasteiger charge is 2.14. The average Bonchev–Trinajstić information content (AvgIpc) is 2.66. The van der Waals surface area contributed by atoms with Crippen LogP contribution in [0.3, 0.4) is 0 Å². The van der Waals surface area contributed by atoms with Gasteiger partial charge in [-0.1, -0.05) is 12.1 Å². The largest absolute Gasteiger partial charge is 0.495 e. The van der Waals surface area contributed by atoms with Crippen LogP contribution in [0.5, 0.6) is 5.75 Å². The van der Waals surface area contributed by atoms with Crippen LogP contribution in [0.2, 0.25) is 0 Å². The second kappa shape index (κ2) is 7.65. The molecular formula is C18H16N4O5. The lowest BCUT2D eigenvalue weighted by atomic mass is 10.2. The van der Waals surface area contributed by atoms with Crippen molar-refractivity contribution in [2.45, 2.75) is 12.8 Å². The molecule has 0 spiro atoms. The molecule has 1 amide bonds. The molecule has 0 atom stereocenters. The second-order valence-corrected chi connectivity index (χ2v) is 5.72. The van der Waals surface area contributed by atoms with Gasteiger partial charge in [-0.15, -0.1) is 0 Å². The van der Waals surface area contributed by atoms with Crippen LogP contribution in [-0.4, -0.2) is 27.9 Å². The fourth-order valence-corrected chi connectivity index (χ4v) is 2.59. The van der Waals surface area contributed by atoms with E-state index in [4.69, 9.17) is 4.74 Å². The number of nitrogens with zero attached hydrogens (tertiary/aromatic N) is 2. The Balaban J connectivity index is 1.73. The maximum Gasteiger partial charge on any atom is 0.271 e. The number of aryl methyl sites for hydroxylation is 1. The van der Waals surface area contributed by atoms with Gasteiger partial charge in [-0.25, -0.2) is 4.98 Å². The fraction of sp³-hybridized carbons (Fsp3) is 0.167. The number of carbonyl (C=O) groups excluding carboxylic acids is 1. The van der Waals surface area contributed by atoms with Gasteiger partial charge in [0.1, 0.15) is 11.4 Å². The standard InChI is InChI=1S/C18H16N4O5/c1-27-16-8-6-11(22(25)26)10-15(16)20-17(23)9-7-14-18(24)21-13-5-3-2-4-12(13)19-14/h2-6,8,10H,7,9H2,1H3,(H,20,23)(H,21,24). The van der Waals surface area contributed by atoms with E-state index in [1.165, 1.54) is 25.3 Å². The molecule has 0 aliphatic carbocycles. The number of para-hydroxylation sites is 2. The number of anilines is 1. The molecule has 9 heteroatoms. The number of carbonyl (C=O) groups is 1. The molecule has 0 saturated carbocycles. The number of aromatic amines is 1. The van der Waals surface area contributed by atoms with Crippen LogP contribution in [0.4, 0.5) is 11.4 Å². The maximum atomic E-state index is 12.2. The minimum absolute atomic E-state index is 0.0136. The van der Waals surface area contributed by atoms with E-state index in [9.17, 15) is 19.7 Å². The van der Waals surface area contributed by atoms with Crippen molar-refractivity contribution in [2.75, 3.05) is 12.4 Å². The average molecular weight is 368 g/mol. The number of amides is 1. The van der Waals surface area contributed by atoms with E-state index in [0.717, 1.165) is 0 Å². The minimum Gasteiger partial charge on any atom is -0.495 e. The van der Waals surface area contributed by atoms with Crippen molar-refractivity contribution in [3.63, 3.8) is 0 Å². The Kier molecular flexibility index (Phi) is 5.11. The quantitative estimate of drug-likeness (QED) is 0.508. The summed E-state index contributed by atoms with van der Waals surface area (Å²) in [5, 5.41) is 13.5. The highest BCUT2D eigenvalue weighted by Crippen LogP contribution is 2.28. The van der Waals surface area contributed by atoms with Crippen molar-refractivity contribution in [1.82, 2.24) is 9.97 Å². The molecule has 0 unspecified atom stereocenters. The number of nitrogens with one attached hydrogen (secondary N) is 2. The van der Waals surface area contributed by atoms with Crippen LogP contribution < -0.4 is 15.6 Å². The Hall–Kier alpha value is -3.75. The number of hydrogen-bond donors (Lipinski definition) is 2. The van der Waals surface area contributed by atoms with Crippen molar-refractivity contribution in [3.05, 3.63) is 68.6 Å². The molecule has 0 fully saturated rings. The lowest BCUT2D eigenvalue weighted by molar-refractivity contribution is -0.384. The fourth-order valence-electron chi connectivity index (χ4n) is 2.59. The van der Waals surface area contributed by atoms with E-state index >= 15 is 0 Å². The summed E-state index contributed by atoms with van der Waals surface area (Å²) in [4.78, 5) is 41.7. The molecule has 1 heterocycles. The molecule has 3 rings (SSSR count). The number of hydrogen-bond acceptors (Lipinski definition) is 6. The predicted molar refractivity (Wildman–Crippen MR) is 99.0 cm³/mol. The molecule has 0 saturated heterocycles. The number of non-ortho nitro benzene ring substituents is 1. The first kappa shape index (κ1) is 18.1. The highest BCUT2D eigenvalue weighted by atomic mass is 16.6. The van der Waals surface area contributed by atoms with Crippen LogP contribution in [0.15, 0.2) is 47.3 Å². The molecule has 9 nitrogen and oxygen atoms in total. The molecule has 0 bridgehead atoms. The van der Waals surface area contributed by atoms with Gasteiger partial charge < -0.3 is 15.0 Å². The summed E-state index contributed by atoms with van der Waals surface area (Å²) in [6.45, 7) is 0. The SMILES string of the molecule is COc1ccc([N+](=O)[O-])cc1NC(=O)CCc1nc2ccccc2[nH]c1=O. The number of rotatable bonds is 6. The third-order valence-corrected chi connectivity index (χ3v) is 3.93. The number of nitro groups is 1. The lowest BCUT2D eigenvalue weighted by Gasteiger charge is -2.10. The van der Waals surface area contributed by atoms with Gasteiger partial charge in [0.2, 0.25) is 5.91 Å². The molecule has 0 aliphatic rings. The van der Waals surface area contributed by atoms with Crippen molar-refractivity contribution in [3.8, 4) is 5.75 Å². The summed E-state index contributed by atoms with van der Waals surface area (Å²) >= 11 is 0. The number of methoxy groups -OCH3 is 1. The molecule has 138 valence electrons. The van der Waals surface area contributed by atoms with Crippen LogP contribution in [0, 0.1) is 10.1 Å². The molecule has 0 aliphatic heterocycles. The number of nitro benzene ring substituents is 1. The topological polar surface area (TPSA) is 127 Å². The van der Waals surface area contributed by atoms with Gasteiger partial charge in [-0.3, -0.25) is 19.7 Å². The zero-order valence-corrected chi connectivity index (χ0v) is 14.4. The number of fused-ring (bicyclic) bond motifs is 1. The van der Waals surface area contributed by atoms with Crippen LogP contribution in [0.1, 0.15) is 12.1 Å². The first-order valence-electron chi connectivity index (χ1n) is 8.08. The van der Waals surface area contributed by atoms with E-state index in [1.807, 2.05) is 0 Å². The van der Waals surface area contributed by atoms with E-state index in [-0.39, 0.29) is 35.5 Å². The van der Waals surface area contributed by atoms with Gasteiger partial charge in [0.25, 0.3) is 11.2 Å². The van der Waals surface area contributed by atoms with Gasteiger partial charge in [0, 0.05) is 25.0 Å². The van der Waals surface area contributed by atoms with Crippen molar-refractivity contribution < 1.29 is 14.5 Å². The zero-order valence-electron chi connectivity index (χ0n) is 14.4. The molecule has 2 N–H and O–H groups in total. The summed E-state index contributed by atoms with van der Waals surface area (Å²) < 4.78 is 5.11. The van der Waals surface area contributed by atoms with Gasteiger partial charge >= 0.3 is 0 Å². The second-order valence-electron chi connectivity index (χ2n) is 5.72. The summed E-state index contributed by atoms with van der Waals surface area (Å²) in [7, 11) is 1.40. The number of H-pyrrole nitrogens is 1. The van der Waals surface area contributed by atoms with Crippen molar-refractivity contribution in [1.29, 1.82) is 0 Å². The van der Waals surface area contributed by atoms with Gasteiger partial charge in [-0.2, -0.15) is 0 Å². The third kappa shape index (κ3) is 4.09. The Labute approximate surface area is 153 Å². The lowest BCUT2D eigenvalue weighted by Crippen LogP contribution is -2.19. The van der Waals surface area contributed by atoms with Crippen molar-refractivity contribution in [2.24, 2.45) is 0 Å². The molecular weight excluding hydrogens is 352 g/mol. The summed E-state index contributed by atoms with van der Waals surface area (Å²) in [5.74, 6) is -0.112. The Bertz CT molecular complexity index is 1080. The molecule has 0 radical (unpaired) electrons. The van der Waals surface area contributed by atoms with Gasteiger partial charge in [0.05, 0.1) is 28.8 Å². The number of ether oxygens (including phenoxy) is 1. The molecule has 3 aromatic rings. The third-order valence-electron chi connectivity index (χ3n) is 3.93. The maximum absolute atomic E-state index is 12.2. The van der Waals surface area contributed by atoms with Gasteiger partial charge in [-0.05, 0) is 18.2 Å². The minimum atomic E-state index is -0.562. The summed E-state index contributed by atoms with van der Waals surface area (Å²) in [6.07, 6.45) is 0.115.